The van der Waals surface area contributed by atoms with Crippen LogP contribution in [-0.4, -0.2) is 14.7 Å². The van der Waals surface area contributed by atoms with E-state index in [1.807, 2.05) is 0 Å². The highest BCUT2D eigenvalue weighted by Crippen LogP contribution is 2.25. The molecular weight excluding hydrogens is 277 g/mol. The highest BCUT2D eigenvalue weighted by atomic mass is 35.5. The van der Waals surface area contributed by atoms with Gasteiger partial charge in [-0.15, -0.1) is 0 Å². The fourth-order valence-electron chi connectivity index (χ4n) is 1.56. The molecule has 0 aliphatic carbocycles. The van der Waals surface area contributed by atoms with E-state index in [1.54, 1.807) is 23.9 Å². The molecule has 2 rings (SSSR count). The number of rotatable bonds is 3. The van der Waals surface area contributed by atoms with Gasteiger partial charge < -0.3 is 0 Å². The molecule has 1 aromatic carbocycles. The molecule has 0 fully saturated rings. The first-order valence-corrected chi connectivity index (χ1v) is 5.85. The Morgan fingerprint density at radius 1 is 1.39 bits per heavy atom. The molecule has 0 atom stereocenters. The van der Waals surface area contributed by atoms with E-state index in [0.717, 1.165) is 11.3 Å². The van der Waals surface area contributed by atoms with E-state index >= 15 is 0 Å². The van der Waals surface area contributed by atoms with E-state index in [-0.39, 0.29) is 10.7 Å². The van der Waals surface area contributed by atoms with Gasteiger partial charge in [-0.05, 0) is 18.6 Å². The average molecular weight is 286 g/mol. The molecule has 0 radical (unpaired) electrons. The average Bonchev–Trinajstić information content (AvgIpc) is 2.60. The highest BCUT2D eigenvalue weighted by Gasteiger charge is 2.13. The first kappa shape index (κ1) is 12.9. The predicted octanol–water partition coefficient (Wildman–Crippen LogP) is 3.45. The van der Waals surface area contributed by atoms with Crippen LogP contribution in [0.25, 0.3) is 0 Å². The van der Waals surface area contributed by atoms with Crippen molar-refractivity contribution in [2.24, 2.45) is 0 Å². The molecule has 0 saturated heterocycles. The molecule has 0 amide bonds. The predicted molar refractivity (Wildman–Crippen MR) is 69.2 cm³/mol. The monoisotopic (exact) mass is 285 g/mol. The van der Waals surface area contributed by atoms with E-state index in [0.29, 0.717) is 11.6 Å². The van der Waals surface area contributed by atoms with Gasteiger partial charge in [0.25, 0.3) is 5.69 Å². The van der Waals surface area contributed by atoms with Gasteiger partial charge in [0.05, 0.1) is 22.2 Å². The molecule has 0 aliphatic heterocycles. The van der Waals surface area contributed by atoms with Crippen molar-refractivity contribution in [3.8, 4) is 0 Å². The van der Waals surface area contributed by atoms with Crippen LogP contribution in [0, 0.1) is 17.0 Å². The Morgan fingerprint density at radius 3 is 2.67 bits per heavy atom. The smallest absolute Gasteiger partial charge is 0.267 e. The van der Waals surface area contributed by atoms with Crippen LogP contribution in [0.4, 0.5) is 5.69 Å². The Labute approximate surface area is 113 Å². The van der Waals surface area contributed by atoms with Gasteiger partial charge in [0, 0.05) is 12.3 Å². The lowest BCUT2D eigenvalue weighted by molar-refractivity contribution is -0.384. The van der Waals surface area contributed by atoms with Gasteiger partial charge in [-0.3, -0.25) is 14.8 Å². The number of benzene rings is 1. The molecule has 0 N–H and O–H groups in total. The summed E-state index contributed by atoms with van der Waals surface area (Å²) in [5, 5.41) is 15.6. The van der Waals surface area contributed by atoms with Crippen LogP contribution in [0.3, 0.4) is 0 Å². The third-order valence-electron chi connectivity index (χ3n) is 2.44. The second kappa shape index (κ2) is 4.96. The standard InChI is InChI=1S/C11H9Cl2N3O2/c1-7-10(13)6-15(14-7)5-8-2-3-9(12)11(4-8)16(17)18/h2-4,6H,5H2,1H3. The molecule has 0 aliphatic rings. The zero-order valence-electron chi connectivity index (χ0n) is 9.43. The van der Waals surface area contributed by atoms with Crippen molar-refractivity contribution in [2.75, 3.05) is 0 Å². The maximum Gasteiger partial charge on any atom is 0.288 e. The summed E-state index contributed by atoms with van der Waals surface area (Å²) in [4.78, 5) is 10.3. The Kier molecular flexibility index (Phi) is 3.54. The summed E-state index contributed by atoms with van der Waals surface area (Å²) < 4.78 is 1.63. The van der Waals surface area contributed by atoms with Crippen LogP contribution in [0.2, 0.25) is 10.0 Å². The molecule has 18 heavy (non-hydrogen) atoms. The Hall–Kier alpha value is -1.59. The lowest BCUT2D eigenvalue weighted by Crippen LogP contribution is -2.01. The number of nitro benzene ring substituents is 1. The Morgan fingerprint density at radius 2 is 2.11 bits per heavy atom. The minimum atomic E-state index is -0.507. The van der Waals surface area contributed by atoms with E-state index < -0.39 is 4.92 Å². The van der Waals surface area contributed by atoms with Crippen molar-refractivity contribution >= 4 is 28.9 Å². The van der Waals surface area contributed by atoms with Crippen LogP contribution in [-0.2, 0) is 6.54 Å². The molecule has 0 unspecified atom stereocenters. The zero-order chi connectivity index (χ0) is 13.3. The van der Waals surface area contributed by atoms with E-state index in [1.165, 1.54) is 12.1 Å². The summed E-state index contributed by atoms with van der Waals surface area (Å²) in [5.74, 6) is 0. The van der Waals surface area contributed by atoms with Gasteiger partial charge >= 0.3 is 0 Å². The molecule has 0 spiro atoms. The third-order valence-corrected chi connectivity index (χ3v) is 3.13. The quantitative estimate of drug-likeness (QED) is 0.641. The lowest BCUT2D eigenvalue weighted by Gasteiger charge is -2.02. The van der Waals surface area contributed by atoms with E-state index in [2.05, 4.69) is 5.10 Å². The molecule has 0 saturated carbocycles. The summed E-state index contributed by atoms with van der Waals surface area (Å²) >= 11 is 11.6. The normalized spacial score (nSPS) is 10.6. The second-order valence-corrected chi connectivity index (χ2v) is 4.62. The summed E-state index contributed by atoms with van der Waals surface area (Å²) in [6.07, 6.45) is 1.68. The summed E-state index contributed by atoms with van der Waals surface area (Å²) in [5.41, 5.74) is 1.36. The number of hydrogen-bond donors (Lipinski definition) is 0. The summed E-state index contributed by atoms with van der Waals surface area (Å²) in [6, 6.07) is 4.67. The molecular formula is C11H9Cl2N3O2. The fourth-order valence-corrected chi connectivity index (χ4v) is 1.90. The van der Waals surface area contributed by atoms with Crippen molar-refractivity contribution in [3.63, 3.8) is 0 Å². The van der Waals surface area contributed by atoms with Crippen LogP contribution in [0.15, 0.2) is 24.4 Å². The van der Waals surface area contributed by atoms with Crippen LogP contribution < -0.4 is 0 Å². The number of halogens is 2. The maximum atomic E-state index is 10.8. The molecule has 0 bridgehead atoms. The number of hydrogen-bond acceptors (Lipinski definition) is 3. The topological polar surface area (TPSA) is 61.0 Å². The van der Waals surface area contributed by atoms with Crippen LogP contribution in [0.1, 0.15) is 11.3 Å². The second-order valence-electron chi connectivity index (χ2n) is 3.80. The van der Waals surface area contributed by atoms with Crippen LogP contribution >= 0.6 is 23.2 Å². The Balaban J connectivity index is 2.29. The van der Waals surface area contributed by atoms with Crippen molar-refractivity contribution in [1.29, 1.82) is 0 Å². The molecule has 1 aromatic heterocycles. The zero-order valence-corrected chi connectivity index (χ0v) is 10.9. The fraction of sp³-hybridized carbons (Fsp3) is 0.182. The van der Waals surface area contributed by atoms with Gasteiger partial charge in [-0.1, -0.05) is 29.3 Å². The summed E-state index contributed by atoms with van der Waals surface area (Å²) in [7, 11) is 0. The van der Waals surface area contributed by atoms with Gasteiger partial charge in [-0.25, -0.2) is 0 Å². The minimum Gasteiger partial charge on any atom is -0.267 e. The van der Waals surface area contributed by atoms with Gasteiger partial charge in [0.1, 0.15) is 5.02 Å². The van der Waals surface area contributed by atoms with Crippen molar-refractivity contribution in [3.05, 3.63) is 55.8 Å². The minimum absolute atomic E-state index is 0.107. The SMILES string of the molecule is Cc1nn(Cc2ccc(Cl)c([N+](=O)[O-])c2)cc1Cl. The van der Waals surface area contributed by atoms with Crippen molar-refractivity contribution in [2.45, 2.75) is 13.5 Å². The maximum absolute atomic E-state index is 10.8. The largest absolute Gasteiger partial charge is 0.288 e. The number of nitro groups is 1. The van der Waals surface area contributed by atoms with Gasteiger partial charge in [-0.2, -0.15) is 5.10 Å². The van der Waals surface area contributed by atoms with Crippen molar-refractivity contribution < 1.29 is 4.92 Å². The number of aryl methyl sites for hydroxylation is 1. The van der Waals surface area contributed by atoms with Crippen LogP contribution in [0.5, 0.6) is 0 Å². The third kappa shape index (κ3) is 2.63. The molecule has 5 nitrogen and oxygen atoms in total. The molecule has 1 heterocycles. The van der Waals surface area contributed by atoms with Crippen molar-refractivity contribution in [1.82, 2.24) is 9.78 Å². The lowest BCUT2D eigenvalue weighted by atomic mass is 10.2. The number of aromatic nitrogens is 2. The molecule has 94 valence electrons. The first-order chi connectivity index (χ1) is 8.47. The van der Waals surface area contributed by atoms with E-state index in [9.17, 15) is 10.1 Å². The first-order valence-electron chi connectivity index (χ1n) is 5.10. The van der Waals surface area contributed by atoms with E-state index in [4.69, 9.17) is 23.2 Å². The molecule has 2 aromatic rings. The molecule has 7 heteroatoms. The summed E-state index contributed by atoms with van der Waals surface area (Å²) in [6.45, 7) is 2.20. The number of nitrogens with zero attached hydrogens (tertiary/aromatic N) is 3. The van der Waals surface area contributed by atoms with Gasteiger partial charge in [0.15, 0.2) is 0 Å². The van der Waals surface area contributed by atoms with Gasteiger partial charge in [0.2, 0.25) is 0 Å². The highest BCUT2D eigenvalue weighted by molar-refractivity contribution is 6.32. The Bertz CT molecular complexity index is 591.